The van der Waals surface area contributed by atoms with Gasteiger partial charge in [-0.15, -0.1) is 0 Å². The maximum Gasteiger partial charge on any atom is 0.312 e. The van der Waals surface area contributed by atoms with Crippen molar-refractivity contribution >= 4 is 50.9 Å². The number of amides is 3. The highest BCUT2D eigenvalue weighted by Gasteiger charge is 2.18. The highest BCUT2D eigenvalue weighted by Crippen LogP contribution is 2.20. The molecular formula is C17H18BrN5O2S. The topological polar surface area (TPSA) is 108 Å². The number of benzene rings is 2. The first-order chi connectivity index (χ1) is 12.4. The second-order valence-corrected chi connectivity index (χ2v) is 6.64. The molecule has 26 heavy (non-hydrogen) atoms. The molecule has 0 spiro atoms. The Labute approximate surface area is 164 Å². The van der Waals surface area contributed by atoms with Crippen LogP contribution in [0.15, 0.2) is 59.1 Å². The van der Waals surface area contributed by atoms with Crippen LogP contribution in [0.5, 0.6) is 0 Å². The lowest BCUT2D eigenvalue weighted by atomic mass is 10.0. The minimum absolute atomic E-state index is 0.0135. The average Bonchev–Trinajstić information content (AvgIpc) is 2.60. The second kappa shape index (κ2) is 9.73. The molecule has 6 N–H and O–H groups in total. The van der Waals surface area contributed by atoms with Crippen molar-refractivity contribution in [2.45, 2.75) is 12.5 Å². The Hall–Kier alpha value is -2.65. The number of anilines is 1. The van der Waals surface area contributed by atoms with Crippen LogP contribution in [0.2, 0.25) is 0 Å². The molecule has 0 aliphatic heterocycles. The lowest BCUT2D eigenvalue weighted by Crippen LogP contribution is -2.45. The number of hydrogen-bond donors (Lipinski definition) is 5. The van der Waals surface area contributed by atoms with E-state index in [1.165, 1.54) is 0 Å². The molecule has 0 aliphatic rings. The van der Waals surface area contributed by atoms with Crippen molar-refractivity contribution in [3.05, 3.63) is 64.6 Å². The van der Waals surface area contributed by atoms with Gasteiger partial charge in [0.15, 0.2) is 5.11 Å². The Bertz CT molecular complexity index is 788. The number of rotatable bonds is 5. The van der Waals surface area contributed by atoms with Crippen LogP contribution >= 0.6 is 28.1 Å². The van der Waals surface area contributed by atoms with Crippen molar-refractivity contribution in [1.82, 2.24) is 16.2 Å². The fraction of sp³-hybridized carbons (Fsp3) is 0.118. The molecule has 0 saturated heterocycles. The fourth-order valence-electron chi connectivity index (χ4n) is 2.19. The average molecular weight is 436 g/mol. The smallest absolute Gasteiger partial charge is 0.312 e. The molecule has 2 rings (SSSR count). The standard InChI is InChI=1S/C17H18BrN5O2S/c18-12-6-4-5-11(9-12)14(21-16(19)25)10-15(24)22-23-17(26)20-13-7-2-1-3-8-13/h1-9,14H,10H2,(H,22,24)(H3,19,21,25)(H2,20,23,26)/t14-/m1/s1. The molecule has 1 atom stereocenters. The molecule has 0 radical (unpaired) electrons. The van der Waals surface area contributed by atoms with E-state index >= 15 is 0 Å². The number of thiocarbonyl (C=S) groups is 1. The molecule has 2 aromatic rings. The number of para-hydroxylation sites is 1. The Kier molecular flexibility index (Phi) is 7.37. The van der Waals surface area contributed by atoms with Gasteiger partial charge in [-0.05, 0) is 42.0 Å². The normalized spacial score (nSPS) is 11.1. The summed E-state index contributed by atoms with van der Waals surface area (Å²) < 4.78 is 0.832. The number of carbonyl (C=O) groups excluding carboxylic acids is 2. The van der Waals surface area contributed by atoms with Gasteiger partial charge in [-0.3, -0.25) is 15.6 Å². The molecule has 0 saturated carbocycles. The van der Waals surface area contributed by atoms with Crippen LogP contribution in [-0.2, 0) is 4.79 Å². The lowest BCUT2D eigenvalue weighted by Gasteiger charge is -2.18. The van der Waals surface area contributed by atoms with E-state index in [2.05, 4.69) is 37.4 Å². The summed E-state index contributed by atoms with van der Waals surface area (Å²) >= 11 is 8.48. The highest BCUT2D eigenvalue weighted by atomic mass is 79.9. The summed E-state index contributed by atoms with van der Waals surface area (Å²) in [5.41, 5.74) is 11.9. The number of primary amides is 1. The quantitative estimate of drug-likeness (QED) is 0.366. The number of nitrogens with two attached hydrogens (primary N) is 1. The van der Waals surface area contributed by atoms with E-state index in [4.69, 9.17) is 18.0 Å². The fourth-order valence-corrected chi connectivity index (χ4v) is 2.78. The first-order valence-electron chi connectivity index (χ1n) is 7.66. The largest absolute Gasteiger partial charge is 0.352 e. The summed E-state index contributed by atoms with van der Waals surface area (Å²) in [4.78, 5) is 23.4. The predicted molar refractivity (Wildman–Crippen MR) is 108 cm³/mol. The van der Waals surface area contributed by atoms with Gasteiger partial charge in [-0.25, -0.2) is 4.79 Å². The Morgan fingerprint density at radius 3 is 2.46 bits per heavy atom. The highest BCUT2D eigenvalue weighted by molar-refractivity contribution is 9.10. The summed E-state index contributed by atoms with van der Waals surface area (Å²) in [7, 11) is 0. The van der Waals surface area contributed by atoms with Crippen LogP contribution < -0.4 is 27.2 Å². The van der Waals surface area contributed by atoms with Crippen LogP contribution in [0, 0.1) is 0 Å². The van der Waals surface area contributed by atoms with Gasteiger partial charge in [0.1, 0.15) is 0 Å². The Morgan fingerprint density at radius 2 is 1.81 bits per heavy atom. The maximum absolute atomic E-state index is 12.2. The first-order valence-corrected chi connectivity index (χ1v) is 8.86. The molecule has 3 amide bonds. The van der Waals surface area contributed by atoms with Crippen molar-refractivity contribution in [3.8, 4) is 0 Å². The molecule has 0 unspecified atom stereocenters. The minimum Gasteiger partial charge on any atom is -0.352 e. The van der Waals surface area contributed by atoms with Gasteiger partial charge in [0.2, 0.25) is 5.91 Å². The Balaban J connectivity index is 1.90. The van der Waals surface area contributed by atoms with Gasteiger partial charge in [0, 0.05) is 10.2 Å². The van der Waals surface area contributed by atoms with E-state index in [0.717, 1.165) is 15.7 Å². The van der Waals surface area contributed by atoms with Crippen LogP contribution in [0.1, 0.15) is 18.0 Å². The van der Waals surface area contributed by atoms with Crippen LogP contribution in [0.3, 0.4) is 0 Å². The SMILES string of the molecule is NC(=O)N[C@H](CC(=O)NNC(=S)Nc1ccccc1)c1cccc(Br)c1. The van der Waals surface area contributed by atoms with Crippen molar-refractivity contribution in [1.29, 1.82) is 0 Å². The van der Waals surface area contributed by atoms with Crippen LogP contribution in [-0.4, -0.2) is 17.1 Å². The van der Waals surface area contributed by atoms with E-state index in [0.29, 0.717) is 0 Å². The molecule has 0 bridgehead atoms. The number of nitrogens with one attached hydrogen (secondary N) is 4. The summed E-state index contributed by atoms with van der Waals surface area (Å²) in [6, 6.07) is 15.3. The lowest BCUT2D eigenvalue weighted by molar-refractivity contribution is -0.122. The molecular weight excluding hydrogens is 418 g/mol. The number of hydrogen-bond acceptors (Lipinski definition) is 3. The van der Waals surface area contributed by atoms with E-state index in [9.17, 15) is 9.59 Å². The molecule has 0 aliphatic carbocycles. The van der Waals surface area contributed by atoms with E-state index in [1.54, 1.807) is 6.07 Å². The predicted octanol–water partition coefficient (Wildman–Crippen LogP) is 2.57. The number of hydrazine groups is 1. The van der Waals surface area contributed by atoms with Crippen molar-refractivity contribution < 1.29 is 9.59 Å². The van der Waals surface area contributed by atoms with Gasteiger partial charge in [-0.2, -0.15) is 0 Å². The van der Waals surface area contributed by atoms with E-state index in [1.807, 2.05) is 48.5 Å². The third kappa shape index (κ3) is 6.69. The zero-order valence-corrected chi connectivity index (χ0v) is 16.1. The molecule has 0 fully saturated rings. The molecule has 9 heteroatoms. The Morgan fingerprint density at radius 1 is 1.08 bits per heavy atom. The van der Waals surface area contributed by atoms with Gasteiger partial charge in [0.25, 0.3) is 0 Å². The van der Waals surface area contributed by atoms with Gasteiger partial charge >= 0.3 is 6.03 Å². The third-order valence-electron chi connectivity index (χ3n) is 3.30. The summed E-state index contributed by atoms with van der Waals surface area (Å²) in [5.74, 6) is -0.360. The third-order valence-corrected chi connectivity index (χ3v) is 4.00. The molecule has 0 aromatic heterocycles. The second-order valence-electron chi connectivity index (χ2n) is 5.31. The summed E-state index contributed by atoms with van der Waals surface area (Å²) in [5, 5.41) is 5.74. The zero-order valence-electron chi connectivity index (χ0n) is 13.7. The minimum atomic E-state index is -0.711. The molecule has 2 aromatic carbocycles. The van der Waals surface area contributed by atoms with E-state index < -0.39 is 12.1 Å². The van der Waals surface area contributed by atoms with Crippen LogP contribution in [0.4, 0.5) is 10.5 Å². The number of halogens is 1. The van der Waals surface area contributed by atoms with Gasteiger partial charge in [0.05, 0.1) is 12.5 Å². The summed E-state index contributed by atoms with van der Waals surface area (Å²) in [6.07, 6.45) is -0.0135. The van der Waals surface area contributed by atoms with E-state index in [-0.39, 0.29) is 17.4 Å². The molecule has 0 heterocycles. The first kappa shape index (κ1) is 19.7. The van der Waals surface area contributed by atoms with Gasteiger partial charge in [-0.1, -0.05) is 46.3 Å². The summed E-state index contributed by atoms with van der Waals surface area (Å²) in [6.45, 7) is 0. The van der Waals surface area contributed by atoms with Crippen molar-refractivity contribution in [3.63, 3.8) is 0 Å². The number of urea groups is 1. The number of carbonyl (C=O) groups is 2. The maximum atomic E-state index is 12.2. The zero-order chi connectivity index (χ0) is 18.9. The monoisotopic (exact) mass is 435 g/mol. The van der Waals surface area contributed by atoms with Crippen LogP contribution in [0.25, 0.3) is 0 Å². The molecule has 7 nitrogen and oxygen atoms in total. The molecule has 136 valence electrons. The van der Waals surface area contributed by atoms with Gasteiger partial charge < -0.3 is 16.4 Å². The van der Waals surface area contributed by atoms with Crippen molar-refractivity contribution in [2.75, 3.05) is 5.32 Å². The van der Waals surface area contributed by atoms with Crippen molar-refractivity contribution in [2.24, 2.45) is 5.73 Å².